The third-order valence-corrected chi connectivity index (χ3v) is 5.77. The van der Waals surface area contributed by atoms with Crippen molar-refractivity contribution in [2.45, 2.75) is 4.90 Å². The van der Waals surface area contributed by atoms with Gasteiger partial charge in [-0.1, -0.05) is 6.07 Å². The number of nitrogens with zero attached hydrogens (tertiary/aromatic N) is 2. The molecule has 1 aromatic carbocycles. The highest BCUT2D eigenvalue weighted by Gasteiger charge is 2.27. The van der Waals surface area contributed by atoms with Gasteiger partial charge in [-0.25, -0.2) is 0 Å². The number of fused-ring (bicyclic) bond motifs is 1. The van der Waals surface area contributed by atoms with Crippen molar-refractivity contribution in [3.63, 3.8) is 0 Å². The highest BCUT2D eigenvalue weighted by atomic mass is 32.2. The Kier molecular flexibility index (Phi) is 4.13. The maximum absolute atomic E-state index is 12.2. The molecule has 1 aromatic heterocycles. The van der Waals surface area contributed by atoms with E-state index in [2.05, 4.69) is 14.7 Å². The number of rotatable bonds is 3. The predicted molar refractivity (Wildman–Crippen MR) is 95.1 cm³/mol. The van der Waals surface area contributed by atoms with Gasteiger partial charge in [0.15, 0.2) is 16.7 Å². The minimum absolute atomic E-state index is 0.00848. The van der Waals surface area contributed by atoms with Crippen molar-refractivity contribution in [2.24, 2.45) is 4.40 Å². The quantitative estimate of drug-likeness (QED) is 0.797. The third-order valence-electron chi connectivity index (χ3n) is 3.48. The second-order valence-corrected chi connectivity index (χ2v) is 7.87. The topological polar surface area (TPSA) is 107 Å². The van der Waals surface area contributed by atoms with Crippen LogP contribution in [0.4, 0.5) is 0 Å². The number of ether oxygens (including phenoxy) is 2. The number of carbonyl (C=O) groups excluding carboxylic acids is 1. The lowest BCUT2D eigenvalue weighted by Crippen LogP contribution is -2.20. The van der Waals surface area contributed by atoms with Crippen molar-refractivity contribution in [2.75, 3.05) is 6.79 Å². The molecule has 26 heavy (non-hydrogen) atoms. The number of carbonyl (C=O) groups is 1. The molecule has 0 radical (unpaired) electrons. The smallest absolute Gasteiger partial charge is 0.286 e. The van der Waals surface area contributed by atoms with E-state index in [1.54, 1.807) is 24.3 Å². The molecule has 1 amide bonds. The molecule has 10 heteroatoms. The minimum Gasteiger partial charge on any atom is -0.454 e. The summed E-state index contributed by atoms with van der Waals surface area (Å²) in [6.45, 7) is 0.160. The monoisotopic (exact) mass is 389 g/mol. The largest absolute Gasteiger partial charge is 0.454 e. The van der Waals surface area contributed by atoms with E-state index < -0.39 is 15.9 Å². The first-order valence-electron chi connectivity index (χ1n) is 7.37. The van der Waals surface area contributed by atoms with Gasteiger partial charge in [-0.2, -0.15) is 8.42 Å². The molecule has 0 bridgehead atoms. The zero-order valence-electron chi connectivity index (χ0n) is 13.1. The Morgan fingerprint density at radius 3 is 2.88 bits per heavy atom. The van der Waals surface area contributed by atoms with Crippen LogP contribution in [-0.4, -0.2) is 31.3 Å². The number of amides is 1. The number of amidine groups is 1. The standard InChI is InChI=1S/C16H11N3O5S2/c20-15-14(7-10-3-4-12-13(6-10)24-9-23-12)25-16(18-15)19-26(21,22)11-2-1-5-17-8-11/h1-8H,9H2,(H,18,19,20)/b14-7+. The molecule has 2 aliphatic rings. The second kappa shape index (κ2) is 6.46. The summed E-state index contributed by atoms with van der Waals surface area (Å²) < 4.78 is 38.7. The van der Waals surface area contributed by atoms with Gasteiger partial charge in [0.2, 0.25) is 6.79 Å². The fourth-order valence-electron chi connectivity index (χ4n) is 2.29. The van der Waals surface area contributed by atoms with Crippen molar-refractivity contribution in [1.82, 2.24) is 10.3 Å². The number of aromatic nitrogens is 1. The van der Waals surface area contributed by atoms with Gasteiger partial charge in [-0.05, 0) is 47.7 Å². The molecule has 0 aliphatic carbocycles. The molecule has 1 fully saturated rings. The molecule has 2 aromatic rings. The van der Waals surface area contributed by atoms with Gasteiger partial charge in [-0.3, -0.25) is 15.1 Å². The number of hydrogen-bond donors (Lipinski definition) is 1. The Hall–Kier alpha value is -2.85. The molecule has 0 saturated carbocycles. The Morgan fingerprint density at radius 1 is 1.23 bits per heavy atom. The Bertz CT molecular complexity index is 1050. The highest BCUT2D eigenvalue weighted by molar-refractivity contribution is 8.19. The fourth-order valence-corrected chi connectivity index (χ4v) is 4.24. The van der Waals surface area contributed by atoms with Crippen molar-refractivity contribution in [3.05, 3.63) is 53.2 Å². The maximum atomic E-state index is 12.2. The summed E-state index contributed by atoms with van der Waals surface area (Å²) >= 11 is 0.947. The van der Waals surface area contributed by atoms with Gasteiger partial charge in [-0.15, -0.1) is 4.40 Å². The summed E-state index contributed by atoms with van der Waals surface area (Å²) in [5.41, 5.74) is 0.725. The van der Waals surface area contributed by atoms with Crippen LogP contribution in [0.15, 0.2) is 56.9 Å². The molecule has 132 valence electrons. The summed E-state index contributed by atoms with van der Waals surface area (Å²) in [4.78, 5) is 16.1. The number of benzene rings is 1. The van der Waals surface area contributed by atoms with Crippen LogP contribution in [0.25, 0.3) is 6.08 Å². The molecular weight excluding hydrogens is 378 g/mol. The van der Waals surface area contributed by atoms with Gasteiger partial charge in [0.05, 0.1) is 4.91 Å². The highest BCUT2D eigenvalue weighted by Crippen LogP contribution is 2.34. The van der Waals surface area contributed by atoms with Crippen LogP contribution in [-0.2, 0) is 14.8 Å². The third kappa shape index (κ3) is 3.28. The van der Waals surface area contributed by atoms with Crippen LogP contribution in [0, 0.1) is 0 Å². The number of thioether (sulfide) groups is 1. The van der Waals surface area contributed by atoms with Crippen molar-refractivity contribution < 1.29 is 22.7 Å². The molecule has 2 aliphatic heterocycles. The lowest BCUT2D eigenvalue weighted by molar-refractivity contribution is -0.115. The summed E-state index contributed by atoms with van der Waals surface area (Å²) in [7, 11) is -3.95. The second-order valence-electron chi connectivity index (χ2n) is 5.24. The number of hydrogen-bond acceptors (Lipinski definition) is 7. The molecule has 1 N–H and O–H groups in total. The lowest BCUT2D eigenvalue weighted by Gasteiger charge is -1.99. The van der Waals surface area contributed by atoms with E-state index in [1.165, 1.54) is 24.5 Å². The van der Waals surface area contributed by atoms with Crippen LogP contribution in [0.2, 0.25) is 0 Å². The molecule has 3 heterocycles. The van der Waals surface area contributed by atoms with Crippen LogP contribution >= 0.6 is 11.8 Å². The Morgan fingerprint density at radius 2 is 2.08 bits per heavy atom. The average Bonchev–Trinajstić information content (AvgIpc) is 3.21. The molecular formula is C16H11N3O5S2. The lowest BCUT2D eigenvalue weighted by atomic mass is 10.2. The molecule has 0 spiro atoms. The predicted octanol–water partition coefficient (Wildman–Crippen LogP) is 1.76. The fraction of sp³-hybridized carbons (Fsp3) is 0.0625. The Balaban J connectivity index is 1.59. The summed E-state index contributed by atoms with van der Waals surface area (Å²) in [6, 6.07) is 8.14. The summed E-state index contributed by atoms with van der Waals surface area (Å²) in [5, 5.41) is 2.44. The molecule has 8 nitrogen and oxygen atoms in total. The van der Waals surface area contributed by atoms with Gasteiger partial charge in [0.1, 0.15) is 4.90 Å². The first-order chi connectivity index (χ1) is 12.5. The van der Waals surface area contributed by atoms with E-state index in [-0.39, 0.29) is 16.9 Å². The minimum atomic E-state index is -3.95. The zero-order chi connectivity index (χ0) is 18.1. The first kappa shape index (κ1) is 16.6. The first-order valence-corrected chi connectivity index (χ1v) is 9.62. The average molecular weight is 389 g/mol. The van der Waals surface area contributed by atoms with Gasteiger partial charge < -0.3 is 9.47 Å². The molecule has 0 unspecified atom stereocenters. The molecule has 4 rings (SSSR count). The van der Waals surface area contributed by atoms with Crippen LogP contribution < -0.4 is 14.8 Å². The van der Waals surface area contributed by atoms with Crippen LogP contribution in [0.5, 0.6) is 11.5 Å². The number of sulfonamides is 1. The number of pyridine rings is 1. The van der Waals surface area contributed by atoms with E-state index in [4.69, 9.17) is 9.47 Å². The summed E-state index contributed by atoms with van der Waals surface area (Å²) in [5.74, 6) is 0.809. The van der Waals surface area contributed by atoms with Crippen molar-refractivity contribution >= 4 is 38.9 Å². The number of nitrogens with one attached hydrogen (secondary N) is 1. The van der Waals surface area contributed by atoms with E-state index in [0.717, 1.165) is 17.3 Å². The van der Waals surface area contributed by atoms with Gasteiger partial charge in [0.25, 0.3) is 15.9 Å². The van der Waals surface area contributed by atoms with Gasteiger partial charge >= 0.3 is 0 Å². The van der Waals surface area contributed by atoms with Crippen LogP contribution in [0.1, 0.15) is 5.56 Å². The zero-order valence-corrected chi connectivity index (χ0v) is 14.7. The SMILES string of the molecule is O=C1N/C(=N\S(=O)(=O)c2cccnc2)S/C1=C/c1ccc2c(c1)OCO2. The van der Waals surface area contributed by atoms with Crippen molar-refractivity contribution in [1.29, 1.82) is 0 Å². The van der Waals surface area contributed by atoms with E-state index in [0.29, 0.717) is 16.4 Å². The van der Waals surface area contributed by atoms with Crippen molar-refractivity contribution in [3.8, 4) is 11.5 Å². The normalized spacial score (nSPS) is 19.2. The van der Waals surface area contributed by atoms with E-state index in [9.17, 15) is 13.2 Å². The molecule has 1 saturated heterocycles. The van der Waals surface area contributed by atoms with Crippen LogP contribution in [0.3, 0.4) is 0 Å². The van der Waals surface area contributed by atoms with E-state index >= 15 is 0 Å². The van der Waals surface area contributed by atoms with Gasteiger partial charge in [0, 0.05) is 12.4 Å². The molecule has 0 atom stereocenters. The Labute approximate surface area is 153 Å². The maximum Gasteiger partial charge on any atom is 0.286 e. The van der Waals surface area contributed by atoms with E-state index in [1.807, 2.05) is 0 Å². The summed E-state index contributed by atoms with van der Waals surface area (Å²) in [6.07, 6.45) is 4.29.